The van der Waals surface area contributed by atoms with Crippen molar-refractivity contribution in [1.82, 2.24) is 19.9 Å². The third-order valence-electron chi connectivity index (χ3n) is 7.16. The lowest BCUT2D eigenvalue weighted by atomic mass is 9.79. The van der Waals surface area contributed by atoms with Crippen molar-refractivity contribution in [3.8, 4) is 5.88 Å². The van der Waals surface area contributed by atoms with E-state index in [0.29, 0.717) is 30.7 Å². The number of aromatic nitrogens is 3. The zero-order valence-electron chi connectivity index (χ0n) is 20.5. The highest BCUT2D eigenvalue weighted by Gasteiger charge is 2.38. The second-order valence-corrected chi connectivity index (χ2v) is 11.3. The Morgan fingerprint density at radius 3 is 2.53 bits per heavy atom. The summed E-state index contributed by atoms with van der Waals surface area (Å²) in [4.78, 5) is 14.2. The van der Waals surface area contributed by atoms with Gasteiger partial charge in [0.05, 0.1) is 11.8 Å². The van der Waals surface area contributed by atoms with Crippen molar-refractivity contribution in [3.63, 3.8) is 0 Å². The summed E-state index contributed by atoms with van der Waals surface area (Å²) in [6.45, 7) is 1.83. The van der Waals surface area contributed by atoms with Crippen LogP contribution >= 0.6 is 0 Å². The molecular weight excluding hydrogens is 519 g/mol. The molecule has 0 spiro atoms. The lowest BCUT2D eigenvalue weighted by Gasteiger charge is -2.41. The minimum absolute atomic E-state index is 0.00361. The molecule has 8 nitrogen and oxygen atoms in total. The summed E-state index contributed by atoms with van der Waals surface area (Å²) < 4.78 is 73.8. The standard InChI is InChI=1S/C26H28F3N5O3S/c27-26(28,29)20-5-3-4-18(14-20)19-6-8-23(22(15-19)34-12-1-2-13-34)37-25-9-7-21(16-31-25)38(35,36)33-24-10-11-30-17-32-24/h3-5,7,9-11,14,16-17,19,22-23H,1-2,6,8,12-13,15H2,(H,30,32,33). The van der Waals surface area contributed by atoms with Gasteiger partial charge in [-0.1, -0.05) is 18.2 Å². The number of rotatable bonds is 7. The van der Waals surface area contributed by atoms with E-state index < -0.39 is 21.8 Å². The summed E-state index contributed by atoms with van der Waals surface area (Å²) in [5, 5.41) is 0. The summed E-state index contributed by atoms with van der Waals surface area (Å²) in [5.41, 5.74) is 0.0749. The van der Waals surface area contributed by atoms with E-state index in [9.17, 15) is 21.6 Å². The van der Waals surface area contributed by atoms with E-state index in [0.717, 1.165) is 32.0 Å². The van der Waals surface area contributed by atoms with Crippen molar-refractivity contribution in [2.45, 2.75) is 61.2 Å². The van der Waals surface area contributed by atoms with Gasteiger partial charge in [0.2, 0.25) is 5.88 Å². The Labute approximate surface area is 219 Å². The number of halogens is 3. The molecule has 1 saturated carbocycles. The van der Waals surface area contributed by atoms with E-state index in [4.69, 9.17) is 4.74 Å². The summed E-state index contributed by atoms with van der Waals surface area (Å²) in [6, 6.07) is 10.0. The van der Waals surface area contributed by atoms with Crippen molar-refractivity contribution in [1.29, 1.82) is 0 Å². The minimum atomic E-state index is -4.37. The smallest absolute Gasteiger partial charge is 0.416 e. The SMILES string of the molecule is O=S(=O)(Nc1ccncn1)c1ccc(OC2CCC(c3cccc(C(F)(F)F)c3)CC2N2CCCC2)nc1. The first-order valence-electron chi connectivity index (χ1n) is 12.5. The largest absolute Gasteiger partial charge is 0.473 e. The molecule has 12 heteroatoms. The van der Waals surface area contributed by atoms with Crippen LogP contribution in [0.2, 0.25) is 0 Å². The topological polar surface area (TPSA) is 97.3 Å². The van der Waals surface area contributed by atoms with Crippen LogP contribution in [0, 0.1) is 0 Å². The molecule has 5 rings (SSSR count). The number of nitrogens with one attached hydrogen (secondary N) is 1. The Kier molecular flexibility index (Phi) is 7.53. The van der Waals surface area contributed by atoms with Gasteiger partial charge < -0.3 is 4.74 Å². The molecule has 1 N–H and O–H groups in total. The van der Waals surface area contributed by atoms with Crippen LogP contribution < -0.4 is 9.46 Å². The number of pyridine rings is 1. The van der Waals surface area contributed by atoms with Gasteiger partial charge in [0.1, 0.15) is 23.1 Å². The quantitative estimate of drug-likeness (QED) is 0.451. The number of benzene rings is 1. The van der Waals surface area contributed by atoms with Gasteiger partial charge in [0.25, 0.3) is 10.0 Å². The second kappa shape index (κ2) is 10.9. The summed E-state index contributed by atoms with van der Waals surface area (Å²) in [6.07, 6.45) is 3.49. The van der Waals surface area contributed by atoms with Crippen LogP contribution in [0.25, 0.3) is 0 Å². The van der Waals surface area contributed by atoms with Crippen LogP contribution in [0.5, 0.6) is 5.88 Å². The van der Waals surface area contributed by atoms with Gasteiger partial charge in [-0.15, -0.1) is 0 Å². The fourth-order valence-electron chi connectivity index (χ4n) is 5.28. The van der Waals surface area contributed by atoms with E-state index in [1.54, 1.807) is 6.07 Å². The van der Waals surface area contributed by atoms with Crippen molar-refractivity contribution in [3.05, 3.63) is 72.3 Å². The van der Waals surface area contributed by atoms with E-state index in [1.807, 2.05) is 0 Å². The molecule has 2 aliphatic rings. The van der Waals surface area contributed by atoms with Gasteiger partial charge in [-0.2, -0.15) is 13.2 Å². The predicted molar refractivity (Wildman–Crippen MR) is 134 cm³/mol. The number of sulfonamides is 1. The number of hydrogen-bond donors (Lipinski definition) is 1. The summed E-state index contributed by atoms with van der Waals surface area (Å²) >= 11 is 0. The molecule has 1 aliphatic heterocycles. The fourth-order valence-corrected chi connectivity index (χ4v) is 6.24. The molecule has 3 atom stereocenters. The molecule has 2 aromatic heterocycles. The molecule has 3 heterocycles. The zero-order valence-corrected chi connectivity index (χ0v) is 21.3. The Morgan fingerprint density at radius 2 is 1.84 bits per heavy atom. The maximum Gasteiger partial charge on any atom is 0.416 e. The second-order valence-electron chi connectivity index (χ2n) is 9.63. The highest BCUT2D eigenvalue weighted by molar-refractivity contribution is 7.92. The maximum atomic E-state index is 13.3. The highest BCUT2D eigenvalue weighted by atomic mass is 32.2. The van der Waals surface area contributed by atoms with Gasteiger partial charge in [-0.25, -0.2) is 23.4 Å². The van der Waals surface area contributed by atoms with Gasteiger partial charge in [-0.3, -0.25) is 9.62 Å². The van der Waals surface area contributed by atoms with Crippen molar-refractivity contribution in [2.24, 2.45) is 0 Å². The first-order chi connectivity index (χ1) is 18.2. The summed E-state index contributed by atoms with van der Waals surface area (Å²) in [5.74, 6) is 0.445. The highest BCUT2D eigenvalue weighted by Crippen LogP contribution is 2.39. The normalized spacial score (nSPS) is 22.8. The third-order valence-corrected chi connectivity index (χ3v) is 8.50. The molecule has 2 fully saturated rings. The van der Waals surface area contributed by atoms with Gasteiger partial charge in [-0.05, 0) is 74.9 Å². The van der Waals surface area contributed by atoms with Crippen LogP contribution in [-0.2, 0) is 16.2 Å². The molecule has 38 heavy (non-hydrogen) atoms. The molecule has 0 bridgehead atoms. The number of anilines is 1. The maximum absolute atomic E-state index is 13.3. The molecular formula is C26H28F3N5O3S. The fraction of sp³-hybridized carbons (Fsp3) is 0.423. The molecule has 1 saturated heterocycles. The number of alkyl halides is 3. The van der Waals surface area contributed by atoms with Crippen molar-refractivity contribution >= 4 is 15.8 Å². The lowest BCUT2D eigenvalue weighted by molar-refractivity contribution is -0.137. The van der Waals surface area contributed by atoms with E-state index in [1.165, 1.54) is 49.1 Å². The average molecular weight is 548 g/mol. The molecule has 1 aliphatic carbocycles. The Morgan fingerprint density at radius 1 is 1.03 bits per heavy atom. The van der Waals surface area contributed by atoms with E-state index in [2.05, 4.69) is 24.6 Å². The lowest BCUT2D eigenvalue weighted by Crippen LogP contribution is -2.48. The Bertz CT molecular complexity index is 1330. The predicted octanol–water partition coefficient (Wildman–Crippen LogP) is 4.87. The number of hydrogen-bond acceptors (Lipinski definition) is 7. The first-order valence-corrected chi connectivity index (χ1v) is 14.0. The molecule has 0 amide bonds. The zero-order chi connectivity index (χ0) is 26.8. The minimum Gasteiger partial charge on any atom is -0.473 e. The van der Waals surface area contributed by atoms with E-state index in [-0.39, 0.29) is 28.8 Å². The number of ether oxygens (including phenoxy) is 1. The van der Waals surface area contributed by atoms with Gasteiger partial charge in [0, 0.05) is 18.3 Å². The van der Waals surface area contributed by atoms with Crippen LogP contribution in [0.3, 0.4) is 0 Å². The van der Waals surface area contributed by atoms with Gasteiger partial charge in [0.15, 0.2) is 0 Å². The van der Waals surface area contributed by atoms with E-state index >= 15 is 0 Å². The van der Waals surface area contributed by atoms with Crippen LogP contribution in [0.15, 0.2) is 66.1 Å². The Balaban J connectivity index is 1.30. The van der Waals surface area contributed by atoms with Crippen molar-refractivity contribution < 1.29 is 26.3 Å². The van der Waals surface area contributed by atoms with Gasteiger partial charge >= 0.3 is 6.18 Å². The first kappa shape index (κ1) is 26.4. The van der Waals surface area contributed by atoms with Crippen LogP contribution in [0.1, 0.15) is 49.1 Å². The third kappa shape index (κ3) is 6.07. The van der Waals surface area contributed by atoms with Crippen LogP contribution in [-0.4, -0.2) is 53.5 Å². The molecule has 3 aromatic rings. The number of likely N-dealkylation sites (tertiary alicyclic amines) is 1. The average Bonchev–Trinajstić information content (AvgIpc) is 3.44. The molecule has 202 valence electrons. The monoisotopic (exact) mass is 547 g/mol. The van der Waals surface area contributed by atoms with Crippen LogP contribution in [0.4, 0.5) is 19.0 Å². The number of nitrogens with zero attached hydrogens (tertiary/aromatic N) is 4. The molecule has 1 aromatic carbocycles. The van der Waals surface area contributed by atoms with Crippen molar-refractivity contribution in [2.75, 3.05) is 17.8 Å². The molecule has 3 unspecified atom stereocenters. The summed E-state index contributed by atoms with van der Waals surface area (Å²) in [7, 11) is -3.89. The molecule has 0 radical (unpaired) electrons. The Hall–Kier alpha value is -3.25.